The lowest BCUT2D eigenvalue weighted by atomic mass is 9.89. The van der Waals surface area contributed by atoms with Gasteiger partial charge in [-0.3, -0.25) is 9.59 Å². The van der Waals surface area contributed by atoms with E-state index in [9.17, 15) is 14.4 Å². The molecule has 0 aromatic heterocycles. The minimum atomic E-state index is -0.604. The number of benzene rings is 1. The smallest absolute Gasteiger partial charge is 0.333 e. The van der Waals surface area contributed by atoms with E-state index in [2.05, 4.69) is 13.8 Å². The predicted octanol–water partition coefficient (Wildman–Crippen LogP) is 2.34. The van der Waals surface area contributed by atoms with E-state index in [1.807, 2.05) is 0 Å². The number of ether oxygens (including phenoxy) is 1. The lowest BCUT2D eigenvalue weighted by molar-refractivity contribution is -0.169. The zero-order chi connectivity index (χ0) is 16.6. The first-order valence-corrected chi connectivity index (χ1v) is 7.68. The van der Waals surface area contributed by atoms with Crippen molar-refractivity contribution < 1.29 is 24.0 Å². The summed E-state index contributed by atoms with van der Waals surface area (Å²) >= 11 is 0. The molecular weight excluding hydrogens is 298 g/mol. The van der Waals surface area contributed by atoms with Gasteiger partial charge >= 0.3 is 5.97 Å². The van der Waals surface area contributed by atoms with Gasteiger partial charge in [0, 0.05) is 0 Å². The highest BCUT2D eigenvalue weighted by Crippen LogP contribution is 2.33. The van der Waals surface area contributed by atoms with Crippen LogP contribution >= 0.6 is 0 Å². The summed E-state index contributed by atoms with van der Waals surface area (Å²) in [7, 11) is 0. The molecule has 122 valence electrons. The minimum absolute atomic E-state index is 0.0136. The molecule has 1 aromatic rings. The molecule has 23 heavy (non-hydrogen) atoms. The molecule has 1 aromatic carbocycles. The van der Waals surface area contributed by atoms with Crippen LogP contribution in [0.15, 0.2) is 24.3 Å². The summed E-state index contributed by atoms with van der Waals surface area (Å²) < 4.78 is 5.63. The Balaban J connectivity index is 1.55. The Labute approximate surface area is 134 Å². The van der Waals surface area contributed by atoms with Gasteiger partial charge in [-0.25, -0.2) is 4.79 Å². The van der Waals surface area contributed by atoms with E-state index in [-0.39, 0.29) is 29.1 Å². The van der Waals surface area contributed by atoms with Crippen molar-refractivity contribution in [2.75, 3.05) is 6.61 Å². The Morgan fingerprint density at radius 1 is 1.26 bits per heavy atom. The van der Waals surface area contributed by atoms with E-state index in [4.69, 9.17) is 9.57 Å². The Kier molecular flexibility index (Phi) is 3.93. The first-order chi connectivity index (χ1) is 10.9. The summed E-state index contributed by atoms with van der Waals surface area (Å²) in [4.78, 5) is 41.1. The number of hydroxylamine groups is 2. The molecule has 0 spiro atoms. The van der Waals surface area contributed by atoms with Gasteiger partial charge in [0.15, 0.2) is 0 Å². The van der Waals surface area contributed by atoms with Crippen LogP contribution in [-0.4, -0.2) is 35.6 Å². The maximum Gasteiger partial charge on any atom is 0.333 e. The number of hydrogen-bond donors (Lipinski definition) is 0. The fourth-order valence-electron chi connectivity index (χ4n) is 2.94. The van der Waals surface area contributed by atoms with Crippen LogP contribution < -0.4 is 0 Å². The zero-order valence-electron chi connectivity index (χ0n) is 13.2. The average molecular weight is 317 g/mol. The second kappa shape index (κ2) is 5.77. The summed E-state index contributed by atoms with van der Waals surface area (Å²) in [6, 6.07) is 6.40. The van der Waals surface area contributed by atoms with Crippen LogP contribution in [0.4, 0.5) is 0 Å². The van der Waals surface area contributed by atoms with E-state index in [0.29, 0.717) is 18.1 Å². The number of imide groups is 1. The number of carbonyl (C=O) groups is 3. The number of carbonyl (C=O) groups excluding carboxylic acids is 3. The van der Waals surface area contributed by atoms with Crippen molar-refractivity contribution in [3.05, 3.63) is 35.4 Å². The molecule has 0 radical (unpaired) electrons. The summed E-state index contributed by atoms with van der Waals surface area (Å²) in [5, 5.41) is 0.548. The van der Waals surface area contributed by atoms with Gasteiger partial charge in [0.2, 0.25) is 0 Å². The molecule has 6 nitrogen and oxygen atoms in total. The Morgan fingerprint density at radius 2 is 1.87 bits per heavy atom. The van der Waals surface area contributed by atoms with E-state index in [1.165, 1.54) is 12.1 Å². The number of fused-ring (bicyclic) bond motifs is 1. The molecule has 2 heterocycles. The molecule has 1 atom stereocenters. The van der Waals surface area contributed by atoms with Crippen LogP contribution in [0.25, 0.3) is 0 Å². The number of rotatable bonds is 4. The zero-order valence-corrected chi connectivity index (χ0v) is 13.2. The molecule has 2 aliphatic heterocycles. The van der Waals surface area contributed by atoms with Gasteiger partial charge in [-0.2, -0.15) is 0 Å². The Morgan fingerprint density at radius 3 is 2.39 bits per heavy atom. The fraction of sp³-hybridized carbons (Fsp3) is 0.471. The monoisotopic (exact) mass is 317 g/mol. The van der Waals surface area contributed by atoms with Crippen molar-refractivity contribution in [3.63, 3.8) is 0 Å². The van der Waals surface area contributed by atoms with Crippen molar-refractivity contribution in [3.8, 4) is 0 Å². The van der Waals surface area contributed by atoms with Gasteiger partial charge in [0.25, 0.3) is 11.8 Å². The predicted molar refractivity (Wildman–Crippen MR) is 80.4 cm³/mol. The minimum Gasteiger partial charge on any atom is -0.378 e. The van der Waals surface area contributed by atoms with Crippen LogP contribution in [0.1, 0.15) is 53.8 Å². The molecule has 0 aliphatic carbocycles. The molecule has 1 fully saturated rings. The lowest BCUT2D eigenvalue weighted by Crippen LogP contribution is -2.32. The maximum absolute atomic E-state index is 12.1. The van der Waals surface area contributed by atoms with Gasteiger partial charge in [0.05, 0.1) is 30.3 Å². The van der Waals surface area contributed by atoms with E-state index in [1.54, 1.807) is 12.1 Å². The summed E-state index contributed by atoms with van der Waals surface area (Å²) in [6.45, 7) is 4.90. The van der Waals surface area contributed by atoms with Crippen molar-refractivity contribution >= 4 is 17.8 Å². The highest BCUT2D eigenvalue weighted by atomic mass is 16.7. The van der Waals surface area contributed by atoms with Crippen molar-refractivity contribution in [1.29, 1.82) is 0 Å². The third-order valence-corrected chi connectivity index (χ3v) is 4.11. The van der Waals surface area contributed by atoms with Crippen LogP contribution in [0.3, 0.4) is 0 Å². The summed E-state index contributed by atoms with van der Waals surface area (Å²) in [6.07, 6.45) is 1.52. The molecule has 0 bridgehead atoms. The van der Waals surface area contributed by atoms with Crippen LogP contribution in [0.2, 0.25) is 0 Å². The average Bonchev–Trinajstić information content (AvgIpc) is 2.98. The largest absolute Gasteiger partial charge is 0.378 e. The first-order valence-electron chi connectivity index (χ1n) is 7.68. The summed E-state index contributed by atoms with van der Waals surface area (Å²) in [5.41, 5.74) is 0.634. The SMILES string of the molecule is CC1(C)COC(CCC(=O)ON2C(=O)c3ccccc3C2=O)C1. The van der Waals surface area contributed by atoms with Crippen molar-refractivity contribution in [1.82, 2.24) is 5.06 Å². The second-order valence-corrected chi connectivity index (χ2v) is 6.75. The number of hydrogen-bond acceptors (Lipinski definition) is 5. The van der Waals surface area contributed by atoms with Crippen molar-refractivity contribution in [2.24, 2.45) is 5.41 Å². The fourth-order valence-corrected chi connectivity index (χ4v) is 2.94. The molecule has 1 unspecified atom stereocenters. The molecule has 2 amide bonds. The normalized spacial score (nSPS) is 22.3. The molecule has 0 saturated carbocycles. The third kappa shape index (κ3) is 3.12. The van der Waals surface area contributed by atoms with Gasteiger partial charge in [0.1, 0.15) is 0 Å². The second-order valence-electron chi connectivity index (χ2n) is 6.75. The van der Waals surface area contributed by atoms with Gasteiger partial charge < -0.3 is 9.57 Å². The van der Waals surface area contributed by atoms with Gasteiger partial charge in [-0.15, -0.1) is 0 Å². The van der Waals surface area contributed by atoms with E-state index in [0.717, 1.165) is 6.42 Å². The molecule has 2 aliphatic rings. The number of amides is 2. The van der Waals surface area contributed by atoms with Crippen LogP contribution in [0.5, 0.6) is 0 Å². The molecular formula is C17H19NO5. The van der Waals surface area contributed by atoms with Gasteiger partial charge in [-0.1, -0.05) is 31.0 Å². The molecule has 3 rings (SSSR count). The first kappa shape index (κ1) is 15.7. The standard InChI is InChI=1S/C17H19NO5/c1-17(2)9-11(22-10-17)7-8-14(19)23-18-15(20)12-5-3-4-6-13(12)16(18)21/h3-6,11H,7-10H2,1-2H3. The molecule has 0 N–H and O–H groups in total. The topological polar surface area (TPSA) is 72.9 Å². The summed E-state index contributed by atoms with van der Waals surface area (Å²) in [5.74, 6) is -1.80. The maximum atomic E-state index is 12.1. The number of nitrogens with zero attached hydrogens (tertiary/aromatic N) is 1. The molecule has 1 saturated heterocycles. The third-order valence-electron chi connectivity index (χ3n) is 4.11. The van der Waals surface area contributed by atoms with Crippen molar-refractivity contribution in [2.45, 2.75) is 39.2 Å². The highest BCUT2D eigenvalue weighted by Gasteiger charge is 2.39. The van der Waals surface area contributed by atoms with E-state index >= 15 is 0 Å². The lowest BCUT2D eigenvalue weighted by Gasteiger charge is -2.15. The van der Waals surface area contributed by atoms with Crippen LogP contribution in [0, 0.1) is 5.41 Å². The van der Waals surface area contributed by atoms with E-state index < -0.39 is 17.8 Å². The highest BCUT2D eigenvalue weighted by molar-refractivity contribution is 6.20. The Hall–Kier alpha value is -2.21. The van der Waals surface area contributed by atoms with Gasteiger partial charge in [-0.05, 0) is 30.4 Å². The quantitative estimate of drug-likeness (QED) is 0.797. The Bertz CT molecular complexity index is 632. The van der Waals surface area contributed by atoms with Crippen LogP contribution in [-0.2, 0) is 14.4 Å². The molecule has 6 heteroatoms.